The number of esters is 2. The lowest BCUT2D eigenvalue weighted by molar-refractivity contribution is -0.162. The topological polar surface area (TPSA) is 43.4 Å². The largest absolute Gasteiger partial charge is 0.389 e. The lowest BCUT2D eigenvalue weighted by Gasteiger charge is -2.15. The van der Waals surface area contributed by atoms with Crippen LogP contribution < -0.4 is 0 Å². The number of carbonyl (C=O) groups is 2. The van der Waals surface area contributed by atoms with E-state index in [1.54, 1.807) is 20.8 Å². The van der Waals surface area contributed by atoms with Crippen LogP contribution in [0.5, 0.6) is 0 Å². The van der Waals surface area contributed by atoms with Crippen LogP contribution in [0.4, 0.5) is 0 Å². The van der Waals surface area contributed by atoms with Gasteiger partial charge in [0.05, 0.1) is 5.41 Å². The highest BCUT2D eigenvalue weighted by Crippen LogP contribution is 2.23. The molecule has 0 heterocycles. The van der Waals surface area contributed by atoms with Crippen LogP contribution >= 0.6 is 0 Å². The predicted octanol–water partition coefficient (Wildman–Crippen LogP) is 4.23. The molecule has 2 aromatic rings. The van der Waals surface area contributed by atoms with Crippen LogP contribution in [0.3, 0.4) is 0 Å². The van der Waals surface area contributed by atoms with E-state index in [-0.39, 0.29) is 0 Å². The minimum absolute atomic E-state index is 0.542. The molecule has 0 atom stereocenters. The molecule has 0 radical (unpaired) electrons. The first-order chi connectivity index (χ1) is 10.9. The maximum absolute atomic E-state index is 12.1. The average Bonchev–Trinajstić information content (AvgIpc) is 2.53. The standard InChI is InChI=1S/C20H20O3/c1-20(2,3)19(22)23-18(21)14-17(15-10-6-4-7-11-15)16-12-8-5-9-13-16/h4-14H,1-3H3. The molecule has 0 N–H and O–H groups in total. The SMILES string of the molecule is CC(C)(C)C(=O)OC(=O)C=C(c1ccccc1)c1ccccc1. The molecule has 0 unspecified atom stereocenters. The van der Waals surface area contributed by atoms with Crippen LogP contribution in [0, 0.1) is 5.41 Å². The van der Waals surface area contributed by atoms with Gasteiger partial charge in [-0.15, -0.1) is 0 Å². The van der Waals surface area contributed by atoms with Crippen LogP contribution in [0.15, 0.2) is 66.7 Å². The fourth-order valence-electron chi connectivity index (χ4n) is 1.96. The lowest BCUT2D eigenvalue weighted by atomic mass is 9.97. The maximum Gasteiger partial charge on any atom is 0.339 e. The van der Waals surface area contributed by atoms with Gasteiger partial charge >= 0.3 is 11.9 Å². The van der Waals surface area contributed by atoms with Crippen LogP contribution in [-0.4, -0.2) is 11.9 Å². The molecule has 0 aliphatic heterocycles. The van der Waals surface area contributed by atoms with Gasteiger partial charge in [0, 0.05) is 6.08 Å². The number of hydrogen-bond donors (Lipinski definition) is 0. The summed E-state index contributed by atoms with van der Waals surface area (Å²) in [7, 11) is 0. The monoisotopic (exact) mass is 308 g/mol. The number of hydrogen-bond acceptors (Lipinski definition) is 3. The van der Waals surface area contributed by atoms with Gasteiger partial charge in [0.15, 0.2) is 0 Å². The van der Waals surface area contributed by atoms with E-state index in [4.69, 9.17) is 4.74 Å². The van der Waals surface area contributed by atoms with Crippen molar-refractivity contribution in [2.45, 2.75) is 20.8 Å². The Hall–Kier alpha value is -2.68. The summed E-state index contributed by atoms with van der Waals surface area (Å²) >= 11 is 0. The average molecular weight is 308 g/mol. The molecule has 0 saturated heterocycles. The van der Waals surface area contributed by atoms with E-state index < -0.39 is 17.4 Å². The second-order valence-corrected chi connectivity index (χ2v) is 6.25. The zero-order valence-corrected chi connectivity index (χ0v) is 13.6. The molecule has 3 nitrogen and oxygen atoms in total. The first-order valence-electron chi connectivity index (χ1n) is 7.47. The normalized spacial score (nSPS) is 10.7. The van der Waals surface area contributed by atoms with Crippen LogP contribution in [0.25, 0.3) is 5.57 Å². The van der Waals surface area contributed by atoms with E-state index in [9.17, 15) is 9.59 Å². The van der Waals surface area contributed by atoms with E-state index in [2.05, 4.69) is 0 Å². The Morgan fingerprint density at radius 2 is 1.26 bits per heavy atom. The van der Waals surface area contributed by atoms with Gasteiger partial charge in [0.25, 0.3) is 0 Å². The van der Waals surface area contributed by atoms with E-state index in [0.717, 1.165) is 16.7 Å². The molecule has 0 fully saturated rings. The number of carbonyl (C=O) groups excluding carboxylic acids is 2. The van der Waals surface area contributed by atoms with Crippen LogP contribution in [0.2, 0.25) is 0 Å². The molecule has 23 heavy (non-hydrogen) atoms. The van der Waals surface area contributed by atoms with Gasteiger partial charge in [-0.25, -0.2) is 4.79 Å². The quantitative estimate of drug-likeness (QED) is 0.484. The maximum atomic E-state index is 12.1. The highest BCUT2D eigenvalue weighted by molar-refractivity contribution is 6.01. The summed E-state index contributed by atoms with van der Waals surface area (Å²) in [6.07, 6.45) is 1.37. The second kappa shape index (κ2) is 7.05. The van der Waals surface area contributed by atoms with Gasteiger partial charge in [0.1, 0.15) is 0 Å². The number of ether oxygens (including phenoxy) is 1. The van der Waals surface area contributed by atoms with E-state index >= 15 is 0 Å². The molecule has 118 valence electrons. The van der Waals surface area contributed by atoms with E-state index in [0.29, 0.717) is 0 Å². The molecule has 0 bridgehead atoms. The molecule has 0 saturated carbocycles. The van der Waals surface area contributed by atoms with Crippen LogP contribution in [0.1, 0.15) is 31.9 Å². The smallest absolute Gasteiger partial charge is 0.339 e. The molecular weight excluding hydrogens is 288 g/mol. The summed E-state index contributed by atoms with van der Waals surface area (Å²) in [5.74, 6) is -1.20. The second-order valence-electron chi connectivity index (χ2n) is 6.25. The van der Waals surface area contributed by atoms with Crippen molar-refractivity contribution in [3.8, 4) is 0 Å². The van der Waals surface area contributed by atoms with Gasteiger partial charge in [-0.1, -0.05) is 60.7 Å². The van der Waals surface area contributed by atoms with Gasteiger partial charge in [-0.2, -0.15) is 0 Å². The van der Waals surface area contributed by atoms with E-state index in [1.807, 2.05) is 60.7 Å². The first kappa shape index (κ1) is 16.7. The van der Waals surface area contributed by atoms with Crippen molar-refractivity contribution in [1.82, 2.24) is 0 Å². The molecule has 0 spiro atoms. The molecule has 0 aliphatic carbocycles. The minimum atomic E-state index is -0.719. The van der Waals surface area contributed by atoms with Crippen molar-refractivity contribution in [3.05, 3.63) is 77.9 Å². The van der Waals surface area contributed by atoms with Gasteiger partial charge in [-0.05, 0) is 37.5 Å². The third-order valence-electron chi connectivity index (χ3n) is 3.24. The molecule has 2 aromatic carbocycles. The summed E-state index contributed by atoms with van der Waals surface area (Å²) < 4.78 is 4.93. The Balaban J connectivity index is 2.35. The Morgan fingerprint density at radius 3 is 1.65 bits per heavy atom. The van der Waals surface area contributed by atoms with Crippen molar-refractivity contribution in [3.63, 3.8) is 0 Å². The lowest BCUT2D eigenvalue weighted by Crippen LogP contribution is -2.25. The van der Waals surface area contributed by atoms with Gasteiger partial charge in [-0.3, -0.25) is 4.79 Å². The van der Waals surface area contributed by atoms with Crippen molar-refractivity contribution in [2.24, 2.45) is 5.41 Å². The Kier molecular flexibility index (Phi) is 5.12. The zero-order chi connectivity index (χ0) is 16.9. The Labute approximate surface area is 136 Å². The molecule has 0 aromatic heterocycles. The number of rotatable bonds is 3. The van der Waals surface area contributed by atoms with Gasteiger partial charge < -0.3 is 4.74 Å². The first-order valence-corrected chi connectivity index (χ1v) is 7.47. The van der Waals surface area contributed by atoms with Crippen molar-refractivity contribution in [2.75, 3.05) is 0 Å². The third-order valence-corrected chi connectivity index (χ3v) is 3.24. The highest BCUT2D eigenvalue weighted by Gasteiger charge is 2.25. The van der Waals surface area contributed by atoms with Crippen molar-refractivity contribution in [1.29, 1.82) is 0 Å². The molecule has 2 rings (SSSR count). The highest BCUT2D eigenvalue weighted by atomic mass is 16.6. The fraction of sp³-hybridized carbons (Fsp3) is 0.200. The van der Waals surface area contributed by atoms with Crippen molar-refractivity contribution >= 4 is 17.5 Å². The molecule has 0 amide bonds. The minimum Gasteiger partial charge on any atom is -0.389 e. The van der Waals surface area contributed by atoms with Crippen LogP contribution in [-0.2, 0) is 14.3 Å². The molecular formula is C20H20O3. The summed E-state index contributed by atoms with van der Waals surface area (Å²) in [5.41, 5.74) is 1.78. The van der Waals surface area contributed by atoms with E-state index in [1.165, 1.54) is 6.08 Å². The summed E-state index contributed by atoms with van der Waals surface area (Å²) in [5, 5.41) is 0. The molecule has 0 aliphatic rings. The summed E-state index contributed by atoms with van der Waals surface area (Å²) in [4.78, 5) is 24.0. The fourth-order valence-corrected chi connectivity index (χ4v) is 1.96. The molecule has 3 heteroatoms. The summed E-state index contributed by atoms with van der Waals surface area (Å²) in [6, 6.07) is 19.1. The Bertz CT molecular complexity index is 666. The third kappa shape index (κ3) is 4.65. The predicted molar refractivity (Wildman–Crippen MR) is 90.5 cm³/mol. The van der Waals surface area contributed by atoms with Crippen molar-refractivity contribution < 1.29 is 14.3 Å². The zero-order valence-electron chi connectivity index (χ0n) is 13.6. The Morgan fingerprint density at radius 1 is 0.826 bits per heavy atom. The van der Waals surface area contributed by atoms with Gasteiger partial charge in [0.2, 0.25) is 0 Å². The number of benzene rings is 2. The summed E-state index contributed by atoms with van der Waals surface area (Å²) in [6.45, 7) is 5.13.